The van der Waals surface area contributed by atoms with Gasteiger partial charge in [0.15, 0.2) is 11.6 Å². The van der Waals surface area contributed by atoms with E-state index in [-0.39, 0.29) is 5.82 Å². The van der Waals surface area contributed by atoms with E-state index in [1.54, 1.807) is 6.07 Å². The SMILES string of the molecule is NCCc1ccc(OCC2CCOC2)c(F)c1. The monoisotopic (exact) mass is 239 g/mol. The molecule has 0 radical (unpaired) electrons. The Bertz CT molecular complexity index is 364. The highest BCUT2D eigenvalue weighted by Crippen LogP contribution is 2.21. The highest BCUT2D eigenvalue weighted by atomic mass is 19.1. The normalized spacial score (nSPS) is 19.5. The molecule has 1 saturated heterocycles. The molecule has 3 nitrogen and oxygen atoms in total. The zero-order valence-electron chi connectivity index (χ0n) is 9.82. The van der Waals surface area contributed by atoms with Crippen molar-refractivity contribution in [1.29, 1.82) is 0 Å². The van der Waals surface area contributed by atoms with Crippen molar-refractivity contribution in [2.24, 2.45) is 11.7 Å². The van der Waals surface area contributed by atoms with Gasteiger partial charge in [0.1, 0.15) is 0 Å². The predicted octanol–water partition coefficient (Wildman–Crippen LogP) is 1.74. The van der Waals surface area contributed by atoms with Gasteiger partial charge in [0.25, 0.3) is 0 Å². The lowest BCUT2D eigenvalue weighted by atomic mass is 10.1. The molecule has 0 spiro atoms. The van der Waals surface area contributed by atoms with E-state index in [9.17, 15) is 4.39 Å². The van der Waals surface area contributed by atoms with E-state index >= 15 is 0 Å². The fourth-order valence-corrected chi connectivity index (χ4v) is 1.91. The van der Waals surface area contributed by atoms with Crippen molar-refractivity contribution < 1.29 is 13.9 Å². The molecule has 0 amide bonds. The van der Waals surface area contributed by atoms with Crippen LogP contribution in [0.15, 0.2) is 18.2 Å². The molecule has 0 bridgehead atoms. The lowest BCUT2D eigenvalue weighted by Gasteiger charge is -2.11. The Kier molecular flexibility index (Phi) is 4.34. The maximum atomic E-state index is 13.7. The fourth-order valence-electron chi connectivity index (χ4n) is 1.91. The molecule has 1 atom stereocenters. The van der Waals surface area contributed by atoms with Crippen LogP contribution < -0.4 is 10.5 Å². The van der Waals surface area contributed by atoms with E-state index < -0.39 is 0 Å². The second-order valence-corrected chi connectivity index (χ2v) is 4.34. The molecule has 2 rings (SSSR count). The summed E-state index contributed by atoms with van der Waals surface area (Å²) in [6.07, 6.45) is 1.68. The van der Waals surface area contributed by atoms with Gasteiger partial charge in [-0.2, -0.15) is 0 Å². The summed E-state index contributed by atoms with van der Waals surface area (Å²) in [5, 5.41) is 0. The van der Waals surface area contributed by atoms with Gasteiger partial charge in [-0.3, -0.25) is 0 Å². The third-order valence-electron chi connectivity index (χ3n) is 2.93. The van der Waals surface area contributed by atoms with Crippen molar-refractivity contribution >= 4 is 0 Å². The van der Waals surface area contributed by atoms with Crippen LogP contribution in [0.1, 0.15) is 12.0 Å². The van der Waals surface area contributed by atoms with Crippen LogP contribution in [0, 0.1) is 11.7 Å². The summed E-state index contributed by atoms with van der Waals surface area (Å²) in [5.74, 6) is 0.394. The summed E-state index contributed by atoms with van der Waals surface area (Å²) in [6, 6.07) is 5.03. The summed E-state index contributed by atoms with van der Waals surface area (Å²) in [6.45, 7) is 2.55. The number of ether oxygens (including phenoxy) is 2. The third kappa shape index (κ3) is 3.41. The Labute approximate surface area is 101 Å². The number of benzene rings is 1. The highest BCUT2D eigenvalue weighted by molar-refractivity contribution is 5.29. The minimum absolute atomic E-state index is 0.310. The first-order chi connectivity index (χ1) is 8.29. The van der Waals surface area contributed by atoms with Gasteiger partial charge in [-0.1, -0.05) is 6.07 Å². The van der Waals surface area contributed by atoms with Gasteiger partial charge in [0.2, 0.25) is 0 Å². The van der Waals surface area contributed by atoms with Gasteiger partial charge < -0.3 is 15.2 Å². The average molecular weight is 239 g/mol. The molecule has 1 fully saturated rings. The van der Waals surface area contributed by atoms with Crippen molar-refractivity contribution in [3.8, 4) is 5.75 Å². The van der Waals surface area contributed by atoms with Gasteiger partial charge in [0.05, 0.1) is 13.2 Å². The smallest absolute Gasteiger partial charge is 0.165 e. The minimum atomic E-state index is -0.310. The first kappa shape index (κ1) is 12.3. The molecule has 1 aromatic rings. The Morgan fingerprint density at radius 2 is 2.35 bits per heavy atom. The zero-order valence-corrected chi connectivity index (χ0v) is 9.82. The van der Waals surface area contributed by atoms with Crippen molar-refractivity contribution in [2.75, 3.05) is 26.4 Å². The molecule has 2 N–H and O–H groups in total. The van der Waals surface area contributed by atoms with Crippen molar-refractivity contribution in [3.63, 3.8) is 0 Å². The number of nitrogens with two attached hydrogens (primary N) is 1. The van der Waals surface area contributed by atoms with E-state index in [1.165, 1.54) is 6.07 Å². The molecular formula is C13H18FNO2. The van der Waals surface area contributed by atoms with Crippen molar-refractivity contribution in [1.82, 2.24) is 0 Å². The second-order valence-electron chi connectivity index (χ2n) is 4.34. The molecule has 4 heteroatoms. The largest absolute Gasteiger partial charge is 0.490 e. The number of rotatable bonds is 5. The summed E-state index contributed by atoms with van der Waals surface area (Å²) in [4.78, 5) is 0. The number of hydrogen-bond acceptors (Lipinski definition) is 3. The maximum absolute atomic E-state index is 13.7. The molecule has 1 heterocycles. The fraction of sp³-hybridized carbons (Fsp3) is 0.538. The van der Waals surface area contributed by atoms with Gasteiger partial charge in [-0.15, -0.1) is 0 Å². The third-order valence-corrected chi connectivity index (χ3v) is 2.93. The first-order valence-corrected chi connectivity index (χ1v) is 5.98. The van der Waals surface area contributed by atoms with Crippen molar-refractivity contribution in [2.45, 2.75) is 12.8 Å². The van der Waals surface area contributed by atoms with E-state index in [0.29, 0.717) is 37.8 Å². The van der Waals surface area contributed by atoms with Crippen LogP contribution in [0.2, 0.25) is 0 Å². The molecule has 94 valence electrons. The topological polar surface area (TPSA) is 44.5 Å². The van der Waals surface area contributed by atoms with Crippen LogP contribution in [-0.2, 0) is 11.2 Å². The lowest BCUT2D eigenvalue weighted by Crippen LogP contribution is -2.12. The summed E-state index contributed by atoms with van der Waals surface area (Å²) in [5.41, 5.74) is 6.33. The van der Waals surface area contributed by atoms with Crippen molar-refractivity contribution in [3.05, 3.63) is 29.6 Å². The van der Waals surface area contributed by atoms with E-state index in [0.717, 1.165) is 18.6 Å². The minimum Gasteiger partial charge on any atom is -0.490 e. The molecule has 1 aliphatic rings. The summed E-state index contributed by atoms with van der Waals surface area (Å²) >= 11 is 0. The zero-order chi connectivity index (χ0) is 12.1. The Hall–Kier alpha value is -1.13. The Morgan fingerprint density at radius 1 is 1.47 bits per heavy atom. The van der Waals surface area contributed by atoms with E-state index in [2.05, 4.69) is 0 Å². The highest BCUT2D eigenvalue weighted by Gasteiger charge is 2.17. The van der Waals surface area contributed by atoms with Crippen LogP contribution >= 0.6 is 0 Å². The van der Waals surface area contributed by atoms with Gasteiger partial charge in [-0.05, 0) is 37.1 Å². The standard InChI is InChI=1S/C13H18FNO2/c14-12-7-10(3-5-15)1-2-13(12)17-9-11-4-6-16-8-11/h1-2,7,11H,3-6,8-9,15H2. The van der Waals surface area contributed by atoms with Crippen LogP contribution in [0.5, 0.6) is 5.75 Å². The Morgan fingerprint density at radius 3 is 3.00 bits per heavy atom. The predicted molar refractivity (Wildman–Crippen MR) is 63.6 cm³/mol. The van der Waals surface area contributed by atoms with Crippen LogP contribution in [0.25, 0.3) is 0 Å². The van der Waals surface area contributed by atoms with E-state index in [4.69, 9.17) is 15.2 Å². The molecule has 1 aliphatic heterocycles. The van der Waals surface area contributed by atoms with Crippen LogP contribution in [0.3, 0.4) is 0 Å². The molecule has 0 saturated carbocycles. The molecule has 0 aromatic heterocycles. The lowest BCUT2D eigenvalue weighted by molar-refractivity contribution is 0.165. The number of hydrogen-bond donors (Lipinski definition) is 1. The molecule has 1 aromatic carbocycles. The Balaban J connectivity index is 1.91. The van der Waals surface area contributed by atoms with E-state index in [1.807, 2.05) is 6.07 Å². The quantitative estimate of drug-likeness (QED) is 0.851. The number of halogens is 1. The molecular weight excluding hydrogens is 221 g/mol. The average Bonchev–Trinajstić information content (AvgIpc) is 2.81. The van der Waals surface area contributed by atoms with Gasteiger partial charge in [-0.25, -0.2) is 4.39 Å². The second kappa shape index (κ2) is 5.98. The summed E-state index contributed by atoms with van der Waals surface area (Å²) < 4.78 is 24.4. The maximum Gasteiger partial charge on any atom is 0.165 e. The van der Waals surface area contributed by atoms with Gasteiger partial charge in [0, 0.05) is 12.5 Å². The molecule has 17 heavy (non-hydrogen) atoms. The molecule has 0 aliphatic carbocycles. The molecule has 1 unspecified atom stereocenters. The van der Waals surface area contributed by atoms with Crippen LogP contribution in [-0.4, -0.2) is 26.4 Å². The first-order valence-electron chi connectivity index (χ1n) is 5.98. The van der Waals surface area contributed by atoms with Gasteiger partial charge >= 0.3 is 0 Å². The van der Waals surface area contributed by atoms with Crippen LogP contribution in [0.4, 0.5) is 4.39 Å². The summed E-state index contributed by atoms with van der Waals surface area (Å²) in [7, 11) is 0.